The summed E-state index contributed by atoms with van der Waals surface area (Å²) in [5, 5.41) is 9.19. The van der Waals surface area contributed by atoms with Gasteiger partial charge in [0.2, 0.25) is 6.41 Å². The molecule has 0 aliphatic carbocycles. The molecule has 0 atom stereocenters. The molecule has 0 aliphatic heterocycles. The number of hydrogen-bond acceptors (Lipinski definition) is 5. The first-order chi connectivity index (χ1) is 17.6. The number of carbonyl (C=O) groups excluding carboxylic acids is 1. The molecule has 192 valence electrons. The molecule has 0 fully saturated rings. The van der Waals surface area contributed by atoms with Gasteiger partial charge in [-0.3, -0.25) is 9.78 Å². The standard InChI is InChI=1S/C19H17ClN4O2.C7H6F3N/c1-24-19(23-21-12-25)18(14-5-9-16(26-2)10-6-14)17(11-22-24)13-3-7-15(20)8-4-13;1-5-2-3-6(11-4-5)7(8,9)10/h3-12H,1-2H3,(H,21,25);2-4H,1H3/b23-19-;. The smallest absolute Gasteiger partial charge is 0.433 e. The van der Waals surface area contributed by atoms with E-state index in [1.165, 1.54) is 12.3 Å². The Balaban J connectivity index is 0.000000289. The molecule has 1 N–H and O–H groups in total. The minimum absolute atomic E-state index is 0.521. The largest absolute Gasteiger partial charge is 0.497 e. The fourth-order valence-corrected chi connectivity index (χ4v) is 3.41. The first kappa shape index (κ1) is 27.4. The maximum atomic E-state index is 11.9. The van der Waals surface area contributed by atoms with Gasteiger partial charge in [-0.05, 0) is 53.9 Å². The third-order valence-corrected chi connectivity index (χ3v) is 5.37. The molecule has 11 heteroatoms. The van der Waals surface area contributed by atoms with E-state index in [4.69, 9.17) is 16.3 Å². The van der Waals surface area contributed by atoms with Crippen LogP contribution in [0.5, 0.6) is 5.75 Å². The van der Waals surface area contributed by atoms with Gasteiger partial charge in [0.15, 0.2) is 5.49 Å². The van der Waals surface area contributed by atoms with Crippen molar-refractivity contribution in [3.63, 3.8) is 0 Å². The Bertz CT molecular complexity index is 1400. The lowest BCUT2D eigenvalue weighted by atomic mass is 9.97. The molecule has 0 bridgehead atoms. The molecule has 0 spiro atoms. The molecule has 7 nitrogen and oxygen atoms in total. The Hall–Kier alpha value is -4.18. The van der Waals surface area contributed by atoms with Crippen LogP contribution in [0.1, 0.15) is 11.3 Å². The minimum atomic E-state index is -4.33. The van der Waals surface area contributed by atoms with Crippen LogP contribution < -0.4 is 15.7 Å². The molecule has 0 saturated carbocycles. The van der Waals surface area contributed by atoms with E-state index in [0.29, 0.717) is 16.9 Å². The molecule has 37 heavy (non-hydrogen) atoms. The van der Waals surface area contributed by atoms with E-state index in [-0.39, 0.29) is 0 Å². The summed E-state index contributed by atoms with van der Waals surface area (Å²) >= 11 is 6.01. The number of carbonyl (C=O) groups is 1. The first-order valence-corrected chi connectivity index (χ1v) is 11.2. The van der Waals surface area contributed by atoms with E-state index in [2.05, 4.69) is 20.6 Å². The molecule has 2 aromatic carbocycles. The van der Waals surface area contributed by atoms with Crippen LogP contribution in [0.4, 0.5) is 13.2 Å². The van der Waals surface area contributed by atoms with Crippen LogP contribution in [0, 0.1) is 6.92 Å². The van der Waals surface area contributed by atoms with E-state index in [9.17, 15) is 18.0 Å². The monoisotopic (exact) mass is 529 g/mol. The highest BCUT2D eigenvalue weighted by molar-refractivity contribution is 6.30. The first-order valence-electron chi connectivity index (χ1n) is 10.8. The summed E-state index contributed by atoms with van der Waals surface area (Å²) in [5.74, 6) is 0.754. The Morgan fingerprint density at radius 1 is 1.00 bits per heavy atom. The van der Waals surface area contributed by atoms with Gasteiger partial charge in [0.1, 0.15) is 11.4 Å². The summed E-state index contributed by atoms with van der Waals surface area (Å²) in [6.45, 7) is 1.69. The number of methoxy groups -OCH3 is 1. The molecule has 0 aliphatic rings. The Labute approximate surface area is 216 Å². The van der Waals surface area contributed by atoms with Crippen molar-refractivity contribution >= 4 is 18.0 Å². The minimum Gasteiger partial charge on any atom is -0.497 e. The topological polar surface area (TPSA) is 81.4 Å². The SMILES string of the molecule is COc1ccc(-c2c(-c3ccc(Cl)cc3)cnn(C)/c2=N\NC=O)cc1.Cc1ccc(C(F)(F)F)nc1. The summed E-state index contributed by atoms with van der Waals surface area (Å²) < 4.78 is 42.4. The van der Waals surface area contributed by atoms with Crippen LogP contribution in [0.2, 0.25) is 5.02 Å². The zero-order valence-electron chi connectivity index (χ0n) is 20.1. The van der Waals surface area contributed by atoms with Gasteiger partial charge in [-0.15, -0.1) is 0 Å². The number of hydrogen-bond donors (Lipinski definition) is 1. The second kappa shape index (κ2) is 12.2. The van der Waals surface area contributed by atoms with Gasteiger partial charge in [0.25, 0.3) is 0 Å². The molecular weight excluding hydrogens is 507 g/mol. The van der Waals surface area contributed by atoms with Crippen LogP contribution in [0.15, 0.2) is 78.2 Å². The molecule has 0 saturated heterocycles. The number of rotatable bonds is 5. The van der Waals surface area contributed by atoms with E-state index in [1.54, 1.807) is 32.0 Å². The third kappa shape index (κ3) is 7.17. The average molecular weight is 530 g/mol. The van der Waals surface area contributed by atoms with Gasteiger partial charge in [0, 0.05) is 29.4 Å². The van der Waals surface area contributed by atoms with E-state index >= 15 is 0 Å². The van der Waals surface area contributed by atoms with E-state index in [0.717, 1.165) is 39.6 Å². The highest BCUT2D eigenvalue weighted by Crippen LogP contribution is 2.30. The average Bonchev–Trinajstić information content (AvgIpc) is 2.88. The van der Waals surface area contributed by atoms with Crippen molar-refractivity contribution in [3.05, 3.63) is 94.8 Å². The quantitative estimate of drug-likeness (QED) is 0.278. The number of benzene rings is 2. The zero-order valence-corrected chi connectivity index (χ0v) is 20.9. The highest BCUT2D eigenvalue weighted by Gasteiger charge is 2.31. The maximum absolute atomic E-state index is 11.9. The summed E-state index contributed by atoms with van der Waals surface area (Å²) in [6.07, 6.45) is -0.841. The van der Waals surface area contributed by atoms with Crippen molar-refractivity contribution in [1.82, 2.24) is 20.2 Å². The van der Waals surface area contributed by atoms with E-state index < -0.39 is 11.9 Å². The molecule has 0 radical (unpaired) electrons. The number of ether oxygens (including phenoxy) is 1. The summed E-state index contributed by atoms with van der Waals surface area (Å²) in [6, 6.07) is 17.5. The normalized spacial score (nSPS) is 11.4. The number of aromatic nitrogens is 3. The van der Waals surface area contributed by atoms with Crippen molar-refractivity contribution < 1.29 is 22.7 Å². The van der Waals surface area contributed by atoms with Crippen LogP contribution >= 0.6 is 11.6 Å². The Morgan fingerprint density at radius 3 is 2.19 bits per heavy atom. The lowest BCUT2D eigenvalue weighted by Crippen LogP contribution is -2.26. The molecule has 2 heterocycles. The van der Waals surface area contributed by atoms with Gasteiger partial charge in [-0.2, -0.15) is 23.4 Å². The zero-order chi connectivity index (χ0) is 27.0. The number of nitrogens with zero attached hydrogens (tertiary/aromatic N) is 4. The molecule has 4 rings (SSSR count). The summed E-state index contributed by atoms with van der Waals surface area (Å²) in [7, 11) is 3.39. The van der Waals surface area contributed by atoms with Gasteiger partial charge < -0.3 is 4.74 Å². The van der Waals surface area contributed by atoms with Crippen LogP contribution in [-0.4, -0.2) is 28.3 Å². The van der Waals surface area contributed by atoms with Crippen LogP contribution in [0.25, 0.3) is 22.3 Å². The number of nitrogens with one attached hydrogen (secondary N) is 1. The molecule has 1 amide bonds. The van der Waals surface area contributed by atoms with Crippen LogP contribution in [-0.2, 0) is 18.0 Å². The summed E-state index contributed by atoms with van der Waals surface area (Å²) in [5.41, 5.74) is 6.33. The predicted octanol–water partition coefficient (Wildman–Crippen LogP) is 5.39. The third-order valence-electron chi connectivity index (χ3n) is 5.12. The fourth-order valence-electron chi connectivity index (χ4n) is 3.29. The lowest BCUT2D eigenvalue weighted by molar-refractivity contribution is -0.141. The highest BCUT2D eigenvalue weighted by atomic mass is 35.5. The van der Waals surface area contributed by atoms with Crippen molar-refractivity contribution in [3.8, 4) is 28.0 Å². The second-order valence-electron chi connectivity index (χ2n) is 7.69. The molecular formula is C26H23ClF3N5O2. The predicted molar refractivity (Wildman–Crippen MR) is 134 cm³/mol. The van der Waals surface area contributed by atoms with Gasteiger partial charge >= 0.3 is 6.18 Å². The Kier molecular flexibility index (Phi) is 9.02. The van der Waals surface area contributed by atoms with Crippen molar-refractivity contribution in [2.75, 3.05) is 7.11 Å². The van der Waals surface area contributed by atoms with E-state index in [1.807, 2.05) is 48.5 Å². The van der Waals surface area contributed by atoms with Crippen molar-refractivity contribution in [2.45, 2.75) is 13.1 Å². The van der Waals surface area contributed by atoms with Gasteiger partial charge in [-0.1, -0.05) is 41.9 Å². The number of halogens is 4. The summed E-state index contributed by atoms with van der Waals surface area (Å²) in [4.78, 5) is 14.0. The van der Waals surface area contributed by atoms with Crippen LogP contribution in [0.3, 0.4) is 0 Å². The maximum Gasteiger partial charge on any atom is 0.433 e. The molecule has 2 aromatic heterocycles. The second-order valence-corrected chi connectivity index (χ2v) is 8.13. The van der Waals surface area contributed by atoms with Crippen molar-refractivity contribution in [1.29, 1.82) is 0 Å². The van der Waals surface area contributed by atoms with Crippen molar-refractivity contribution in [2.24, 2.45) is 12.1 Å². The van der Waals surface area contributed by atoms with Gasteiger partial charge in [0.05, 0.1) is 13.3 Å². The van der Waals surface area contributed by atoms with Gasteiger partial charge in [-0.25, -0.2) is 10.1 Å². The number of amides is 1. The fraction of sp³-hybridized carbons (Fsp3) is 0.154. The Morgan fingerprint density at radius 2 is 1.65 bits per heavy atom. The lowest BCUT2D eigenvalue weighted by Gasteiger charge is -2.13. The number of aryl methyl sites for hydroxylation is 2. The number of alkyl halides is 3. The molecule has 4 aromatic rings. The number of pyridine rings is 1. The molecule has 0 unspecified atom stereocenters.